The van der Waals surface area contributed by atoms with Crippen LogP contribution in [0.25, 0.3) is 0 Å². The molecule has 6 heteroatoms. The summed E-state index contributed by atoms with van der Waals surface area (Å²) < 4.78 is 0. The first-order valence-corrected chi connectivity index (χ1v) is 11.6. The fraction of sp³-hybridized carbons (Fsp3) is 0.375. The van der Waals surface area contributed by atoms with Gasteiger partial charge in [0, 0.05) is 5.56 Å². The fourth-order valence-corrected chi connectivity index (χ4v) is 3.55. The van der Waals surface area contributed by atoms with Gasteiger partial charge in [-0.15, -0.1) is 0 Å². The van der Waals surface area contributed by atoms with Crippen molar-refractivity contribution in [3.8, 4) is 0 Å². The first-order chi connectivity index (χ1) is 14.3. The highest BCUT2D eigenvalue weighted by molar-refractivity contribution is 6.42. The summed E-state index contributed by atoms with van der Waals surface area (Å²) in [6.45, 7) is 0. The molecule has 0 amide bonds. The Labute approximate surface area is 197 Å². The van der Waals surface area contributed by atoms with E-state index in [-0.39, 0.29) is 5.78 Å². The van der Waals surface area contributed by atoms with Gasteiger partial charge in [-0.2, -0.15) is 0 Å². The number of ketones is 1. The first-order valence-electron chi connectivity index (χ1n) is 10.1. The summed E-state index contributed by atoms with van der Waals surface area (Å²) in [5, 5.41) is 11.9. The van der Waals surface area contributed by atoms with E-state index in [1.165, 1.54) is 25.7 Å². The predicted octanol–water partition coefficient (Wildman–Crippen LogP) is 8.36. The van der Waals surface area contributed by atoms with E-state index in [1.807, 2.05) is 12.1 Å². The van der Waals surface area contributed by atoms with Crippen molar-refractivity contribution in [2.24, 2.45) is 11.8 Å². The van der Waals surface area contributed by atoms with E-state index in [4.69, 9.17) is 46.4 Å². The van der Waals surface area contributed by atoms with Gasteiger partial charge in [-0.05, 0) is 79.5 Å². The van der Waals surface area contributed by atoms with Crippen molar-refractivity contribution in [2.45, 2.75) is 44.6 Å². The van der Waals surface area contributed by atoms with Crippen LogP contribution in [0.3, 0.4) is 0 Å². The van der Waals surface area contributed by atoms with Crippen LogP contribution in [0.4, 0.5) is 0 Å². The molecule has 1 N–H and O–H groups in total. The zero-order chi connectivity index (χ0) is 21.7. The van der Waals surface area contributed by atoms with Gasteiger partial charge < -0.3 is 5.11 Å². The Kier molecular flexibility index (Phi) is 8.68. The molecule has 160 valence electrons. The zero-order valence-electron chi connectivity index (χ0n) is 16.5. The van der Waals surface area contributed by atoms with Crippen LogP contribution in [0.2, 0.25) is 20.1 Å². The fourth-order valence-electron chi connectivity index (χ4n) is 2.94. The molecule has 2 nitrogen and oxygen atoms in total. The topological polar surface area (TPSA) is 37.3 Å². The van der Waals surface area contributed by atoms with Crippen LogP contribution < -0.4 is 0 Å². The van der Waals surface area contributed by atoms with E-state index in [1.54, 1.807) is 36.4 Å². The van der Waals surface area contributed by atoms with E-state index in [0.717, 1.165) is 24.3 Å². The second-order valence-corrected chi connectivity index (χ2v) is 9.53. The van der Waals surface area contributed by atoms with Crippen LogP contribution in [0.5, 0.6) is 0 Å². The van der Waals surface area contributed by atoms with Crippen LogP contribution >= 0.6 is 46.4 Å². The average Bonchev–Trinajstić information content (AvgIpc) is 3.63. The number of hydrogen-bond acceptors (Lipinski definition) is 2. The second kappa shape index (κ2) is 11.0. The smallest absolute Gasteiger partial charge is 0.185 e. The lowest BCUT2D eigenvalue weighted by Crippen LogP contribution is -1.97. The number of aliphatic hydroxyl groups is 1. The predicted molar refractivity (Wildman–Crippen MR) is 126 cm³/mol. The van der Waals surface area contributed by atoms with Gasteiger partial charge >= 0.3 is 0 Å². The number of allylic oxidation sites excluding steroid dienone is 2. The molecule has 0 bridgehead atoms. The Morgan fingerprint density at radius 3 is 2.13 bits per heavy atom. The molecule has 2 aromatic rings. The van der Waals surface area contributed by atoms with Gasteiger partial charge in [0.05, 0.1) is 26.2 Å². The van der Waals surface area contributed by atoms with Crippen molar-refractivity contribution >= 4 is 52.2 Å². The molecule has 0 spiro atoms. The van der Waals surface area contributed by atoms with Crippen LogP contribution in [0.1, 0.15) is 60.6 Å². The molecule has 2 fully saturated rings. The monoisotopic (exact) mass is 484 g/mol. The number of carbonyl (C=O) groups is 1. The van der Waals surface area contributed by atoms with Crippen LogP contribution in [-0.2, 0) is 0 Å². The van der Waals surface area contributed by atoms with Gasteiger partial charge in [0.1, 0.15) is 0 Å². The Hall–Kier alpha value is -1.03. The number of halogens is 4. The third kappa shape index (κ3) is 7.59. The molecule has 0 aliphatic heterocycles. The van der Waals surface area contributed by atoms with E-state index in [0.29, 0.717) is 31.6 Å². The van der Waals surface area contributed by atoms with Gasteiger partial charge in [0.25, 0.3) is 0 Å². The summed E-state index contributed by atoms with van der Waals surface area (Å²) >= 11 is 23.3. The van der Waals surface area contributed by atoms with Gasteiger partial charge in [0.15, 0.2) is 5.78 Å². The van der Waals surface area contributed by atoms with Crippen LogP contribution in [-0.4, -0.2) is 10.9 Å². The summed E-state index contributed by atoms with van der Waals surface area (Å²) in [6, 6.07) is 10.3. The molecule has 2 aliphatic rings. The van der Waals surface area contributed by atoms with E-state index >= 15 is 0 Å². The Balaban J connectivity index is 0.000000171. The molecule has 0 saturated heterocycles. The molecule has 2 aromatic carbocycles. The lowest BCUT2D eigenvalue weighted by Gasteiger charge is -2.11. The molecule has 1 unspecified atom stereocenters. The van der Waals surface area contributed by atoms with Crippen molar-refractivity contribution in [1.29, 1.82) is 0 Å². The maximum Gasteiger partial charge on any atom is 0.185 e. The normalized spacial score (nSPS) is 16.8. The lowest BCUT2D eigenvalue weighted by atomic mass is 10.0. The van der Waals surface area contributed by atoms with Gasteiger partial charge in [-0.25, -0.2) is 0 Å². The average molecular weight is 486 g/mol. The summed E-state index contributed by atoms with van der Waals surface area (Å²) in [4.78, 5) is 11.7. The van der Waals surface area contributed by atoms with Crippen molar-refractivity contribution in [3.63, 3.8) is 0 Å². The minimum Gasteiger partial charge on any atom is -0.388 e. The number of carbonyl (C=O) groups excluding carboxylic acids is 1. The number of hydrogen-bond donors (Lipinski definition) is 1. The maximum absolute atomic E-state index is 11.7. The van der Waals surface area contributed by atoms with Crippen molar-refractivity contribution in [2.75, 3.05) is 0 Å². The highest BCUT2D eigenvalue weighted by Gasteiger charge is 2.22. The Morgan fingerprint density at radius 2 is 1.57 bits per heavy atom. The summed E-state index contributed by atoms with van der Waals surface area (Å²) in [5.41, 5.74) is 1.45. The van der Waals surface area contributed by atoms with E-state index in [9.17, 15) is 9.90 Å². The molecule has 30 heavy (non-hydrogen) atoms. The Bertz CT molecular complexity index is 917. The highest BCUT2D eigenvalue weighted by atomic mass is 35.5. The van der Waals surface area contributed by atoms with E-state index < -0.39 is 6.10 Å². The van der Waals surface area contributed by atoms with Crippen molar-refractivity contribution in [3.05, 3.63) is 79.8 Å². The summed E-state index contributed by atoms with van der Waals surface area (Å²) in [6.07, 6.45) is 10.2. The molecule has 4 rings (SSSR count). The summed E-state index contributed by atoms with van der Waals surface area (Å²) in [7, 11) is 0. The van der Waals surface area contributed by atoms with Crippen molar-refractivity contribution in [1.82, 2.24) is 0 Å². The molecule has 0 heterocycles. The largest absolute Gasteiger partial charge is 0.388 e. The number of aliphatic hydroxyl groups excluding tert-OH is 1. The molecular formula is C24H24Cl4O2. The minimum atomic E-state index is -0.402. The SMILES string of the molecule is O=C(/C=C/C1CC1)c1ccc(Cl)c(Cl)c1.OC(CCC1CC1)c1ccc(Cl)c(Cl)c1. The standard InChI is InChI=1S/C12H14Cl2O.C12H10Cl2O/c2*13-10-5-4-9(7-11(10)14)12(15)6-3-8-1-2-8/h4-5,7-8,12,15H,1-3,6H2;3-8H,1-2H2/b;6-3+. The summed E-state index contributed by atoms with van der Waals surface area (Å²) in [5.74, 6) is 1.44. The Morgan fingerprint density at radius 1 is 0.933 bits per heavy atom. The molecule has 0 radical (unpaired) electrons. The molecule has 2 aliphatic carbocycles. The highest BCUT2D eigenvalue weighted by Crippen LogP contribution is 2.36. The quantitative estimate of drug-likeness (QED) is 0.316. The molecular weight excluding hydrogens is 462 g/mol. The molecule has 0 aromatic heterocycles. The van der Waals surface area contributed by atoms with Crippen LogP contribution in [0, 0.1) is 11.8 Å². The second-order valence-electron chi connectivity index (χ2n) is 7.90. The molecule has 1 atom stereocenters. The first kappa shape index (κ1) is 23.6. The third-order valence-corrected chi connectivity index (χ3v) is 6.70. The molecule has 2 saturated carbocycles. The van der Waals surface area contributed by atoms with Crippen molar-refractivity contribution < 1.29 is 9.90 Å². The zero-order valence-corrected chi connectivity index (χ0v) is 19.5. The van der Waals surface area contributed by atoms with Gasteiger partial charge in [-0.3, -0.25) is 4.79 Å². The number of rotatable bonds is 7. The van der Waals surface area contributed by atoms with Gasteiger partial charge in [-0.1, -0.05) is 71.4 Å². The number of benzene rings is 2. The lowest BCUT2D eigenvalue weighted by molar-refractivity contribution is 0.104. The minimum absolute atomic E-state index is 0.0135. The van der Waals surface area contributed by atoms with Crippen LogP contribution in [0.15, 0.2) is 48.6 Å². The maximum atomic E-state index is 11.7. The van der Waals surface area contributed by atoms with Gasteiger partial charge in [0.2, 0.25) is 0 Å². The van der Waals surface area contributed by atoms with E-state index in [2.05, 4.69) is 0 Å². The third-order valence-electron chi connectivity index (χ3n) is 5.22.